The molecule has 0 saturated heterocycles. The third kappa shape index (κ3) is 2.73. The Morgan fingerprint density at radius 2 is 1.53 bits per heavy atom. The van der Waals surface area contributed by atoms with Crippen molar-refractivity contribution >= 4 is 16.8 Å². The third-order valence-corrected chi connectivity index (χ3v) is 2.55. The Labute approximate surface area is 101 Å². The molecule has 1 rings (SSSR count). The number of carbonyl (C=O) groups is 1. The van der Waals surface area contributed by atoms with Crippen LogP contribution in [-0.4, -0.2) is 18.9 Å². The van der Waals surface area contributed by atoms with Gasteiger partial charge < -0.3 is 0 Å². The van der Waals surface area contributed by atoms with Gasteiger partial charge in [-0.1, -0.05) is 0 Å². The number of nitrogens with zero attached hydrogens (tertiary/aromatic N) is 3. The van der Waals surface area contributed by atoms with Crippen molar-refractivity contribution in [3.63, 3.8) is 0 Å². The fourth-order valence-electron chi connectivity index (χ4n) is 1.40. The van der Waals surface area contributed by atoms with Crippen LogP contribution in [0.5, 0.6) is 0 Å². The highest BCUT2D eigenvalue weighted by Gasteiger charge is 2.10. The van der Waals surface area contributed by atoms with Gasteiger partial charge in [0.2, 0.25) is 5.24 Å². The number of carbonyl (C=O) groups excluding carboxylic acids is 1. The number of rotatable bonds is 4. The second kappa shape index (κ2) is 5.13. The van der Waals surface area contributed by atoms with Crippen LogP contribution in [0.15, 0.2) is 14.4 Å². The highest BCUT2D eigenvalue weighted by Crippen LogP contribution is 1.94. The summed E-state index contributed by atoms with van der Waals surface area (Å²) in [5.41, 5.74) is -2.06. The van der Waals surface area contributed by atoms with Gasteiger partial charge in [0.05, 0.1) is 0 Å². The predicted octanol–water partition coefficient (Wildman–Crippen LogP) is -1.21. The summed E-state index contributed by atoms with van der Waals surface area (Å²) in [6.45, 7) is 0.0537. The van der Waals surface area contributed by atoms with Gasteiger partial charge in [0, 0.05) is 27.1 Å². The maximum Gasteiger partial charge on any atom is 0.336 e. The lowest BCUT2D eigenvalue weighted by Crippen LogP contribution is -2.52. The number of hydrogen-bond acceptors (Lipinski definition) is 4. The van der Waals surface area contributed by atoms with E-state index in [0.29, 0.717) is 0 Å². The SMILES string of the molecule is Cn1c(=O)n(C)c(=O)n(CCCC(=O)Cl)c1=O. The van der Waals surface area contributed by atoms with E-state index in [0.717, 1.165) is 13.7 Å². The molecule has 0 fully saturated rings. The Morgan fingerprint density at radius 3 is 1.94 bits per heavy atom. The molecule has 8 heteroatoms. The lowest BCUT2D eigenvalue weighted by atomic mass is 10.3. The fraction of sp³-hybridized carbons (Fsp3) is 0.556. The van der Waals surface area contributed by atoms with Crippen LogP contribution in [0.3, 0.4) is 0 Å². The van der Waals surface area contributed by atoms with Crippen molar-refractivity contribution in [3.05, 3.63) is 31.5 Å². The van der Waals surface area contributed by atoms with Gasteiger partial charge in [-0.3, -0.25) is 4.79 Å². The van der Waals surface area contributed by atoms with Gasteiger partial charge in [-0.2, -0.15) is 0 Å². The van der Waals surface area contributed by atoms with E-state index in [1.807, 2.05) is 0 Å². The molecule has 1 aromatic rings. The topological polar surface area (TPSA) is 83.1 Å². The Balaban J connectivity index is 3.18. The van der Waals surface area contributed by atoms with Crippen molar-refractivity contribution in [2.75, 3.05) is 0 Å². The van der Waals surface area contributed by atoms with E-state index in [1.165, 1.54) is 14.1 Å². The molecule has 0 aliphatic rings. The number of hydrogen-bond donors (Lipinski definition) is 0. The summed E-state index contributed by atoms with van der Waals surface area (Å²) < 4.78 is 2.58. The largest absolute Gasteiger partial charge is 0.336 e. The first-order valence-electron chi connectivity index (χ1n) is 4.91. The standard InChI is InChI=1S/C9H12ClN3O4/c1-11-7(15)12(2)9(17)13(8(11)16)5-3-4-6(10)14/h3-5H2,1-2H3. The zero-order valence-corrected chi connectivity index (χ0v) is 10.2. The van der Waals surface area contributed by atoms with Crippen molar-refractivity contribution < 1.29 is 4.79 Å². The van der Waals surface area contributed by atoms with Crippen molar-refractivity contribution in [3.8, 4) is 0 Å². The normalized spacial score (nSPS) is 10.5. The second-order valence-electron chi connectivity index (χ2n) is 3.58. The fourth-order valence-corrected chi connectivity index (χ4v) is 1.53. The van der Waals surface area contributed by atoms with Crippen LogP contribution in [0.2, 0.25) is 0 Å². The van der Waals surface area contributed by atoms with E-state index in [-0.39, 0.29) is 19.4 Å². The average Bonchev–Trinajstić information content (AvgIpc) is 2.28. The molecule has 0 bridgehead atoms. The minimum atomic E-state index is -0.694. The molecule has 1 aromatic heterocycles. The maximum absolute atomic E-state index is 11.6. The molecule has 0 atom stereocenters. The van der Waals surface area contributed by atoms with Crippen LogP contribution in [0, 0.1) is 0 Å². The van der Waals surface area contributed by atoms with Gasteiger partial charge in [-0.15, -0.1) is 0 Å². The van der Waals surface area contributed by atoms with Crippen molar-refractivity contribution in [2.45, 2.75) is 19.4 Å². The quantitative estimate of drug-likeness (QED) is 0.637. The summed E-state index contributed by atoms with van der Waals surface area (Å²) >= 11 is 5.15. The van der Waals surface area contributed by atoms with E-state index in [4.69, 9.17) is 11.6 Å². The number of halogens is 1. The molecule has 1 heterocycles. The van der Waals surface area contributed by atoms with Crippen LogP contribution in [-0.2, 0) is 25.4 Å². The van der Waals surface area contributed by atoms with Crippen LogP contribution in [0.25, 0.3) is 0 Å². The molecule has 0 aromatic carbocycles. The lowest BCUT2D eigenvalue weighted by Gasteiger charge is -2.07. The first kappa shape index (κ1) is 13.4. The van der Waals surface area contributed by atoms with Crippen LogP contribution in [0.4, 0.5) is 0 Å². The maximum atomic E-state index is 11.6. The smallest absolute Gasteiger partial charge is 0.281 e. The van der Waals surface area contributed by atoms with Crippen LogP contribution in [0.1, 0.15) is 12.8 Å². The van der Waals surface area contributed by atoms with Crippen LogP contribution < -0.4 is 17.1 Å². The minimum Gasteiger partial charge on any atom is -0.281 e. The zero-order valence-electron chi connectivity index (χ0n) is 9.47. The summed E-state index contributed by atoms with van der Waals surface area (Å²) in [5, 5.41) is -0.528. The van der Waals surface area contributed by atoms with Crippen LogP contribution >= 0.6 is 11.6 Å². The molecule has 7 nitrogen and oxygen atoms in total. The summed E-state index contributed by atoms with van der Waals surface area (Å²) in [4.78, 5) is 45.2. The molecular formula is C9H12ClN3O4. The molecule has 94 valence electrons. The molecule has 0 unspecified atom stereocenters. The lowest BCUT2D eigenvalue weighted by molar-refractivity contribution is -0.111. The average molecular weight is 262 g/mol. The monoisotopic (exact) mass is 261 g/mol. The molecule has 0 saturated carbocycles. The second-order valence-corrected chi connectivity index (χ2v) is 4.00. The molecule has 0 radical (unpaired) electrons. The summed E-state index contributed by atoms with van der Waals surface area (Å²) in [7, 11) is 2.57. The zero-order chi connectivity index (χ0) is 13.2. The molecule has 0 amide bonds. The van der Waals surface area contributed by atoms with Gasteiger partial charge in [0.25, 0.3) is 0 Å². The van der Waals surface area contributed by atoms with E-state index < -0.39 is 22.3 Å². The summed E-state index contributed by atoms with van der Waals surface area (Å²) in [6, 6.07) is 0. The first-order chi connectivity index (χ1) is 7.86. The highest BCUT2D eigenvalue weighted by atomic mass is 35.5. The third-order valence-electron chi connectivity index (χ3n) is 2.36. The highest BCUT2D eigenvalue weighted by molar-refractivity contribution is 6.63. The predicted molar refractivity (Wildman–Crippen MR) is 61.3 cm³/mol. The van der Waals surface area contributed by atoms with Gasteiger partial charge >= 0.3 is 17.1 Å². The van der Waals surface area contributed by atoms with Gasteiger partial charge in [0.1, 0.15) is 0 Å². The van der Waals surface area contributed by atoms with Gasteiger partial charge in [0.15, 0.2) is 0 Å². The first-order valence-corrected chi connectivity index (χ1v) is 5.29. The van der Waals surface area contributed by atoms with E-state index in [1.54, 1.807) is 0 Å². The molecule has 0 aliphatic carbocycles. The van der Waals surface area contributed by atoms with Crippen molar-refractivity contribution in [2.24, 2.45) is 14.1 Å². The van der Waals surface area contributed by atoms with E-state index >= 15 is 0 Å². The van der Waals surface area contributed by atoms with Crippen molar-refractivity contribution in [1.29, 1.82) is 0 Å². The summed E-state index contributed by atoms with van der Waals surface area (Å²) in [6.07, 6.45) is 0.343. The molecule has 17 heavy (non-hydrogen) atoms. The van der Waals surface area contributed by atoms with Gasteiger partial charge in [-0.05, 0) is 18.0 Å². The Morgan fingerprint density at radius 1 is 1.06 bits per heavy atom. The molecule has 0 N–H and O–H groups in total. The summed E-state index contributed by atoms with van der Waals surface area (Å²) in [5.74, 6) is 0. The van der Waals surface area contributed by atoms with E-state index in [9.17, 15) is 19.2 Å². The minimum absolute atomic E-state index is 0.0537. The Bertz CT molecular complexity index is 570. The Kier molecular flexibility index (Phi) is 4.06. The molecule has 0 aliphatic heterocycles. The molecular weight excluding hydrogens is 250 g/mol. The molecule has 0 spiro atoms. The number of aromatic nitrogens is 3. The Hall–Kier alpha value is -1.63. The van der Waals surface area contributed by atoms with Crippen molar-refractivity contribution in [1.82, 2.24) is 13.7 Å². The van der Waals surface area contributed by atoms with E-state index in [2.05, 4.69) is 0 Å². The van der Waals surface area contributed by atoms with Gasteiger partial charge in [-0.25, -0.2) is 28.1 Å².